The third-order valence-electron chi connectivity index (χ3n) is 2.74. The quantitative estimate of drug-likeness (QED) is 0.830. The van der Waals surface area contributed by atoms with Gasteiger partial charge < -0.3 is 5.11 Å². The summed E-state index contributed by atoms with van der Waals surface area (Å²) in [5.74, 6) is 2.57. The number of sulfonamides is 1. The van der Waals surface area contributed by atoms with Crippen LogP contribution in [0.2, 0.25) is 0 Å². The molecule has 1 aromatic heterocycles. The van der Waals surface area contributed by atoms with Gasteiger partial charge in [-0.25, -0.2) is 13.1 Å². The number of nitrogens with one attached hydrogen (secondary N) is 1. The van der Waals surface area contributed by atoms with Crippen LogP contribution in [0.3, 0.4) is 0 Å². The van der Waals surface area contributed by atoms with Gasteiger partial charge in [0.25, 0.3) is 0 Å². The largest absolute Gasteiger partial charge is 0.391 e. The predicted octanol–water partition coefficient (Wildman–Crippen LogP) is 2.03. The number of hydrogen-bond donors (Lipinski definition) is 2. The monoisotopic (exact) mass is 371 g/mol. The van der Waals surface area contributed by atoms with Gasteiger partial charge in [0.05, 0.1) is 10.4 Å². The van der Waals surface area contributed by atoms with Crippen LogP contribution >= 0.6 is 39.0 Å². The van der Waals surface area contributed by atoms with Gasteiger partial charge in [-0.15, -0.1) is 11.3 Å². The van der Waals surface area contributed by atoms with Crippen molar-refractivity contribution in [3.05, 3.63) is 14.7 Å². The lowest BCUT2D eigenvalue weighted by Crippen LogP contribution is -2.29. The van der Waals surface area contributed by atoms with Gasteiger partial charge in [-0.05, 0) is 45.8 Å². The summed E-state index contributed by atoms with van der Waals surface area (Å²) in [6.07, 6.45) is 1.07. The van der Waals surface area contributed by atoms with E-state index in [0.717, 1.165) is 17.9 Å². The Hall–Kier alpha value is 0.400. The Morgan fingerprint density at radius 3 is 2.89 bits per heavy atom. The first-order chi connectivity index (χ1) is 8.53. The first-order valence-electron chi connectivity index (χ1n) is 5.49. The summed E-state index contributed by atoms with van der Waals surface area (Å²) >= 11 is 6.34. The van der Waals surface area contributed by atoms with Crippen molar-refractivity contribution in [2.75, 3.05) is 18.1 Å². The zero-order chi connectivity index (χ0) is 13.2. The maximum absolute atomic E-state index is 12.1. The van der Waals surface area contributed by atoms with Crippen molar-refractivity contribution >= 4 is 49.1 Å². The molecular weight excluding hydrogens is 358 g/mol. The van der Waals surface area contributed by atoms with Gasteiger partial charge >= 0.3 is 0 Å². The number of aliphatic hydroxyl groups excluding tert-OH is 1. The van der Waals surface area contributed by atoms with Gasteiger partial charge in [0.2, 0.25) is 10.0 Å². The SMILES string of the molecule is O=S(=O)(NCC1CCSC1)c1cc(CO)sc1Br. The Kier molecular flexibility index (Phi) is 5.13. The summed E-state index contributed by atoms with van der Waals surface area (Å²) in [6, 6.07) is 1.51. The zero-order valence-electron chi connectivity index (χ0n) is 9.56. The van der Waals surface area contributed by atoms with Crippen LogP contribution in [0.25, 0.3) is 0 Å². The van der Waals surface area contributed by atoms with E-state index in [1.54, 1.807) is 0 Å². The topological polar surface area (TPSA) is 66.4 Å². The molecule has 102 valence electrons. The summed E-state index contributed by atoms with van der Waals surface area (Å²) in [6.45, 7) is 0.351. The van der Waals surface area contributed by atoms with Crippen LogP contribution in [0.4, 0.5) is 0 Å². The molecule has 1 atom stereocenters. The molecule has 0 aliphatic carbocycles. The van der Waals surface area contributed by atoms with Crippen molar-refractivity contribution in [3.8, 4) is 0 Å². The molecule has 0 radical (unpaired) electrons. The Labute approximate surface area is 123 Å². The molecule has 0 spiro atoms. The van der Waals surface area contributed by atoms with Crippen molar-refractivity contribution in [1.29, 1.82) is 0 Å². The molecule has 4 nitrogen and oxygen atoms in total. The number of aliphatic hydroxyl groups is 1. The highest BCUT2D eigenvalue weighted by Gasteiger charge is 2.23. The maximum Gasteiger partial charge on any atom is 0.242 e. The van der Waals surface area contributed by atoms with Gasteiger partial charge in [0.15, 0.2) is 0 Å². The lowest BCUT2D eigenvalue weighted by atomic mass is 10.1. The minimum absolute atomic E-state index is 0.141. The molecule has 1 saturated heterocycles. The Morgan fingerprint density at radius 2 is 2.33 bits per heavy atom. The molecule has 18 heavy (non-hydrogen) atoms. The van der Waals surface area contributed by atoms with E-state index >= 15 is 0 Å². The van der Waals surface area contributed by atoms with Crippen LogP contribution in [0.15, 0.2) is 14.7 Å². The summed E-state index contributed by atoms with van der Waals surface area (Å²) < 4.78 is 27.4. The minimum atomic E-state index is -3.47. The molecule has 8 heteroatoms. The summed E-state index contributed by atoms with van der Waals surface area (Å²) in [4.78, 5) is 0.862. The Balaban J connectivity index is 2.06. The van der Waals surface area contributed by atoms with Gasteiger partial charge in [0, 0.05) is 11.4 Å². The van der Waals surface area contributed by atoms with Crippen molar-refractivity contribution < 1.29 is 13.5 Å². The van der Waals surface area contributed by atoms with Crippen LogP contribution in [-0.4, -0.2) is 31.6 Å². The lowest BCUT2D eigenvalue weighted by molar-refractivity contribution is 0.285. The molecule has 1 unspecified atom stereocenters. The summed E-state index contributed by atoms with van der Waals surface area (Å²) in [7, 11) is -3.47. The third kappa shape index (κ3) is 3.49. The molecule has 1 aromatic rings. The number of thiophene rings is 1. The van der Waals surface area contributed by atoms with Crippen LogP contribution < -0.4 is 4.72 Å². The molecule has 1 aliphatic heterocycles. The maximum atomic E-state index is 12.1. The van der Waals surface area contributed by atoms with Crippen molar-refractivity contribution in [2.45, 2.75) is 17.9 Å². The van der Waals surface area contributed by atoms with Crippen molar-refractivity contribution in [1.82, 2.24) is 4.72 Å². The van der Waals surface area contributed by atoms with E-state index in [4.69, 9.17) is 5.11 Å². The number of halogens is 1. The lowest BCUT2D eigenvalue weighted by Gasteiger charge is -2.10. The summed E-state index contributed by atoms with van der Waals surface area (Å²) in [5.41, 5.74) is 0. The van der Waals surface area contributed by atoms with Gasteiger partial charge in [-0.1, -0.05) is 0 Å². The van der Waals surface area contributed by atoms with Crippen molar-refractivity contribution in [2.24, 2.45) is 5.92 Å². The number of thioether (sulfide) groups is 1. The van der Waals surface area contributed by atoms with Gasteiger partial charge in [0.1, 0.15) is 4.90 Å². The van der Waals surface area contributed by atoms with E-state index in [1.165, 1.54) is 17.4 Å². The zero-order valence-corrected chi connectivity index (χ0v) is 13.6. The fourth-order valence-corrected chi connectivity index (χ4v) is 6.65. The molecule has 0 amide bonds. The molecule has 0 aromatic carbocycles. The second kappa shape index (κ2) is 6.23. The fourth-order valence-electron chi connectivity index (χ4n) is 1.71. The van der Waals surface area contributed by atoms with Gasteiger partial charge in [-0.2, -0.15) is 11.8 Å². The highest BCUT2D eigenvalue weighted by molar-refractivity contribution is 9.11. The van der Waals surface area contributed by atoms with E-state index in [9.17, 15) is 8.42 Å². The van der Waals surface area contributed by atoms with Gasteiger partial charge in [-0.3, -0.25) is 0 Å². The van der Waals surface area contributed by atoms with Crippen LogP contribution in [-0.2, 0) is 16.6 Å². The van der Waals surface area contributed by atoms with E-state index in [-0.39, 0.29) is 11.5 Å². The average Bonchev–Trinajstić information content (AvgIpc) is 2.95. The predicted molar refractivity (Wildman–Crippen MR) is 78.6 cm³/mol. The number of hydrogen-bond acceptors (Lipinski definition) is 5. The second-order valence-electron chi connectivity index (χ2n) is 4.09. The summed E-state index contributed by atoms with van der Waals surface area (Å²) in [5, 5.41) is 9.02. The molecule has 2 heterocycles. The van der Waals surface area contributed by atoms with Crippen LogP contribution in [0, 0.1) is 5.92 Å². The normalized spacial score (nSPS) is 20.4. The molecule has 0 saturated carbocycles. The first-order valence-corrected chi connectivity index (χ1v) is 9.74. The fraction of sp³-hybridized carbons (Fsp3) is 0.600. The molecule has 0 bridgehead atoms. The average molecular weight is 372 g/mol. The highest BCUT2D eigenvalue weighted by atomic mass is 79.9. The van der Waals surface area contributed by atoms with E-state index in [2.05, 4.69) is 20.7 Å². The Bertz CT molecular complexity index is 508. The molecule has 1 fully saturated rings. The molecule has 2 N–H and O–H groups in total. The second-order valence-corrected chi connectivity index (χ2v) is 9.43. The molecule has 1 aliphatic rings. The van der Waals surface area contributed by atoms with Crippen molar-refractivity contribution in [3.63, 3.8) is 0 Å². The molecule has 2 rings (SSSR count). The van der Waals surface area contributed by atoms with Crippen LogP contribution in [0.5, 0.6) is 0 Å². The standard InChI is InChI=1S/C10H14BrNO3S3/c11-10-9(3-8(5-13)17-10)18(14,15)12-4-7-1-2-16-6-7/h3,7,12-13H,1-2,4-6H2. The van der Waals surface area contributed by atoms with Crippen LogP contribution in [0.1, 0.15) is 11.3 Å². The Morgan fingerprint density at radius 1 is 1.56 bits per heavy atom. The first kappa shape index (κ1) is 14.8. The number of rotatable bonds is 5. The van der Waals surface area contributed by atoms with E-state index in [0.29, 0.717) is 21.1 Å². The highest BCUT2D eigenvalue weighted by Crippen LogP contribution is 2.32. The smallest absolute Gasteiger partial charge is 0.242 e. The molecular formula is C10H14BrNO3S3. The third-order valence-corrected chi connectivity index (χ3v) is 7.63. The van der Waals surface area contributed by atoms with E-state index < -0.39 is 10.0 Å². The minimum Gasteiger partial charge on any atom is -0.391 e. The van der Waals surface area contributed by atoms with E-state index in [1.807, 2.05) is 11.8 Å².